The Kier molecular flexibility index (Phi) is 6.22. The van der Waals surface area contributed by atoms with Crippen molar-refractivity contribution < 1.29 is 9.90 Å². The van der Waals surface area contributed by atoms with Crippen LogP contribution in [0.5, 0.6) is 0 Å². The lowest BCUT2D eigenvalue weighted by molar-refractivity contribution is -0.138. The van der Waals surface area contributed by atoms with Crippen LogP contribution in [0.25, 0.3) is 0 Å². The van der Waals surface area contributed by atoms with Gasteiger partial charge in [0.25, 0.3) is 0 Å². The maximum atomic E-state index is 10.1. The Morgan fingerprint density at radius 3 is 2.18 bits per heavy atom. The van der Waals surface area contributed by atoms with Crippen molar-refractivity contribution in [3.8, 4) is 0 Å². The molecule has 0 saturated heterocycles. The molecule has 0 aromatic rings. The molecule has 0 amide bonds. The molecule has 0 aliphatic heterocycles. The van der Waals surface area contributed by atoms with Gasteiger partial charge in [0.2, 0.25) is 0 Å². The Bertz CT molecular complexity index is 254. The number of carboxylic acids is 1. The molecule has 0 aromatic heterocycles. The van der Waals surface area contributed by atoms with Gasteiger partial charge in [-0.25, -0.2) is 0 Å². The summed E-state index contributed by atoms with van der Waals surface area (Å²) in [6.45, 7) is 0.604. The molecule has 4 heteroatoms. The minimum absolute atomic E-state index is 0.520. The average molecular weight is 240 g/mol. The second-order valence-electron chi connectivity index (χ2n) is 4.95. The molecule has 2 aliphatic rings. The fourth-order valence-corrected chi connectivity index (χ4v) is 2.35. The summed E-state index contributed by atoms with van der Waals surface area (Å²) in [7, 11) is 0. The first kappa shape index (κ1) is 14.2. The maximum absolute atomic E-state index is 10.1. The van der Waals surface area contributed by atoms with Crippen LogP contribution < -0.4 is 11.5 Å². The summed E-state index contributed by atoms with van der Waals surface area (Å²) in [5.74, 6) is 1.05. The molecule has 98 valence electrons. The highest BCUT2D eigenvalue weighted by molar-refractivity contribution is 5.72. The average Bonchev–Trinajstić information content (AvgIpc) is 2.94. The van der Waals surface area contributed by atoms with Gasteiger partial charge in [-0.1, -0.05) is 18.6 Å². The number of nitrogens with two attached hydrogens (primary N) is 2. The van der Waals surface area contributed by atoms with Crippen molar-refractivity contribution in [1.29, 1.82) is 0 Å². The van der Waals surface area contributed by atoms with Crippen molar-refractivity contribution in [3.05, 3.63) is 12.2 Å². The highest BCUT2D eigenvalue weighted by atomic mass is 16.4. The van der Waals surface area contributed by atoms with E-state index in [9.17, 15) is 4.79 Å². The number of carbonyl (C=O) groups is 1. The van der Waals surface area contributed by atoms with Crippen molar-refractivity contribution >= 4 is 5.97 Å². The molecule has 2 bridgehead atoms. The van der Waals surface area contributed by atoms with Crippen LogP contribution in [0.3, 0.4) is 0 Å². The van der Waals surface area contributed by atoms with E-state index in [1.165, 1.54) is 19.3 Å². The number of rotatable bonds is 5. The fraction of sp³-hybridized carbons (Fsp3) is 0.769. The van der Waals surface area contributed by atoms with Crippen molar-refractivity contribution in [3.63, 3.8) is 0 Å². The van der Waals surface area contributed by atoms with E-state index in [0.717, 1.165) is 24.7 Å². The number of fused-ring (bicyclic) bond motifs is 2. The summed E-state index contributed by atoms with van der Waals surface area (Å²) in [6.07, 6.45) is 11.3. The highest BCUT2D eigenvalue weighted by Gasteiger charge is 2.25. The number of hydrogen-bond donors (Lipinski definition) is 3. The SMILES string of the molecule is C1=CC2CCC1C2.NCCCCC(N)C(=O)O. The van der Waals surface area contributed by atoms with Crippen LogP contribution in [0, 0.1) is 11.8 Å². The minimum Gasteiger partial charge on any atom is -0.480 e. The van der Waals surface area contributed by atoms with Gasteiger partial charge in [0.05, 0.1) is 0 Å². The normalized spacial score (nSPS) is 26.5. The molecule has 1 fully saturated rings. The zero-order valence-electron chi connectivity index (χ0n) is 10.3. The third-order valence-corrected chi connectivity index (χ3v) is 3.46. The largest absolute Gasteiger partial charge is 0.480 e. The van der Waals surface area contributed by atoms with Gasteiger partial charge in [-0.3, -0.25) is 4.79 Å². The molecule has 0 heterocycles. The van der Waals surface area contributed by atoms with Crippen molar-refractivity contribution in [2.45, 2.75) is 44.6 Å². The molecule has 3 unspecified atom stereocenters. The first-order valence-electron chi connectivity index (χ1n) is 6.50. The molecule has 0 aromatic carbocycles. The van der Waals surface area contributed by atoms with Gasteiger partial charge < -0.3 is 16.6 Å². The highest BCUT2D eigenvalue weighted by Crippen LogP contribution is 2.38. The van der Waals surface area contributed by atoms with E-state index in [1.54, 1.807) is 0 Å². The molecule has 5 N–H and O–H groups in total. The van der Waals surface area contributed by atoms with Crippen LogP contribution >= 0.6 is 0 Å². The van der Waals surface area contributed by atoms with Gasteiger partial charge in [0, 0.05) is 0 Å². The van der Waals surface area contributed by atoms with Crippen molar-refractivity contribution in [2.24, 2.45) is 23.3 Å². The Balaban J connectivity index is 0.000000177. The first-order valence-corrected chi connectivity index (χ1v) is 6.50. The zero-order chi connectivity index (χ0) is 12.7. The number of carboxylic acid groups (broad SMARTS) is 1. The summed E-state index contributed by atoms with van der Waals surface area (Å²) in [6, 6.07) is -0.716. The predicted octanol–water partition coefficient (Wildman–Crippen LogP) is 1.50. The molecule has 3 atom stereocenters. The summed E-state index contributed by atoms with van der Waals surface area (Å²) in [5, 5.41) is 8.33. The standard InChI is InChI=1S/C7H10.C6H14N2O2/c1-2-7-4-3-6(1)5-7;7-4-2-1-3-5(8)6(9)10/h1-2,6-7H,3-5H2;5H,1-4,7-8H2,(H,9,10). The van der Waals surface area contributed by atoms with Crippen LogP contribution in [0.15, 0.2) is 12.2 Å². The minimum atomic E-state index is -0.933. The molecule has 2 aliphatic carbocycles. The lowest BCUT2D eigenvalue weighted by Crippen LogP contribution is -2.29. The van der Waals surface area contributed by atoms with Crippen molar-refractivity contribution in [2.75, 3.05) is 6.54 Å². The Morgan fingerprint density at radius 1 is 1.29 bits per heavy atom. The first-order chi connectivity index (χ1) is 8.13. The molecule has 0 radical (unpaired) electrons. The molecular weight excluding hydrogens is 216 g/mol. The van der Waals surface area contributed by atoms with Crippen LogP contribution in [0.1, 0.15) is 38.5 Å². The van der Waals surface area contributed by atoms with E-state index in [2.05, 4.69) is 12.2 Å². The summed E-state index contributed by atoms with van der Waals surface area (Å²) < 4.78 is 0. The molecular formula is C13H24N2O2. The third kappa shape index (κ3) is 5.33. The lowest BCUT2D eigenvalue weighted by Gasteiger charge is -2.03. The smallest absolute Gasteiger partial charge is 0.320 e. The number of allylic oxidation sites excluding steroid dienone is 2. The van der Waals surface area contributed by atoms with Crippen LogP contribution in [0.2, 0.25) is 0 Å². The molecule has 1 saturated carbocycles. The van der Waals surface area contributed by atoms with Gasteiger partial charge in [0.1, 0.15) is 6.04 Å². The van der Waals surface area contributed by atoms with E-state index in [1.807, 2.05) is 0 Å². The Hall–Kier alpha value is -0.870. The van der Waals surface area contributed by atoms with Crippen molar-refractivity contribution in [1.82, 2.24) is 0 Å². The fourth-order valence-electron chi connectivity index (χ4n) is 2.35. The van der Waals surface area contributed by atoms with Gasteiger partial charge in [0.15, 0.2) is 0 Å². The van der Waals surface area contributed by atoms with Crippen LogP contribution in [-0.4, -0.2) is 23.7 Å². The predicted molar refractivity (Wildman–Crippen MR) is 68.5 cm³/mol. The lowest BCUT2D eigenvalue weighted by atomic mass is 10.1. The summed E-state index contributed by atoms with van der Waals surface area (Å²) >= 11 is 0. The van der Waals surface area contributed by atoms with E-state index >= 15 is 0 Å². The van der Waals surface area contributed by atoms with E-state index < -0.39 is 12.0 Å². The zero-order valence-corrected chi connectivity index (χ0v) is 10.3. The quantitative estimate of drug-likeness (QED) is 0.502. The van der Waals surface area contributed by atoms with Crippen LogP contribution in [-0.2, 0) is 4.79 Å². The number of unbranched alkanes of at least 4 members (excludes halogenated alkanes) is 1. The maximum Gasteiger partial charge on any atom is 0.320 e. The molecule has 2 rings (SSSR count). The summed E-state index contributed by atoms with van der Waals surface area (Å²) in [5.41, 5.74) is 10.4. The van der Waals surface area contributed by atoms with E-state index in [0.29, 0.717) is 13.0 Å². The third-order valence-electron chi connectivity index (χ3n) is 3.46. The Labute approximate surface area is 103 Å². The number of aliphatic carboxylic acids is 1. The van der Waals surface area contributed by atoms with Gasteiger partial charge >= 0.3 is 5.97 Å². The second kappa shape index (κ2) is 7.45. The molecule has 17 heavy (non-hydrogen) atoms. The molecule has 0 spiro atoms. The number of hydrogen-bond acceptors (Lipinski definition) is 3. The van der Waals surface area contributed by atoms with Crippen LogP contribution in [0.4, 0.5) is 0 Å². The topological polar surface area (TPSA) is 89.3 Å². The van der Waals surface area contributed by atoms with E-state index in [-0.39, 0.29) is 0 Å². The monoisotopic (exact) mass is 240 g/mol. The van der Waals surface area contributed by atoms with Gasteiger partial charge in [-0.15, -0.1) is 0 Å². The molecule has 4 nitrogen and oxygen atoms in total. The second-order valence-corrected chi connectivity index (χ2v) is 4.95. The van der Waals surface area contributed by atoms with Gasteiger partial charge in [-0.2, -0.15) is 0 Å². The Morgan fingerprint density at radius 2 is 1.88 bits per heavy atom. The summed E-state index contributed by atoms with van der Waals surface area (Å²) in [4.78, 5) is 10.1. The van der Waals surface area contributed by atoms with Gasteiger partial charge in [-0.05, 0) is 50.5 Å². The van der Waals surface area contributed by atoms with E-state index in [4.69, 9.17) is 16.6 Å².